The number of rotatable bonds is 14. The Morgan fingerprint density at radius 1 is 1.22 bits per heavy atom. The zero-order chi connectivity index (χ0) is 29.1. The number of hydrogen-bond acceptors (Lipinski definition) is 7. The van der Waals surface area contributed by atoms with Gasteiger partial charge in [0, 0.05) is 52.7 Å². The molecule has 0 saturated heterocycles. The minimum absolute atomic E-state index is 0.0460. The zero-order valence-electron chi connectivity index (χ0n) is 22.4. The summed E-state index contributed by atoms with van der Waals surface area (Å²) in [5, 5.41) is 13.5. The predicted octanol–water partition coefficient (Wildman–Crippen LogP) is 5.74. The minimum Gasteiger partial charge on any atom is -0.494 e. The molecule has 1 aliphatic rings. The number of azide groups is 1. The highest BCUT2D eigenvalue weighted by Crippen LogP contribution is 2.45. The number of carbonyl (C=O) groups excluding carboxylic acids is 1. The number of hydrazine groups is 1. The van der Waals surface area contributed by atoms with E-state index in [2.05, 4.69) is 27.5 Å². The van der Waals surface area contributed by atoms with Gasteiger partial charge in [-0.2, -0.15) is 0 Å². The van der Waals surface area contributed by atoms with E-state index in [0.29, 0.717) is 53.6 Å². The first kappa shape index (κ1) is 29.6. The van der Waals surface area contributed by atoms with Gasteiger partial charge in [-0.05, 0) is 53.9 Å². The monoisotopic (exact) mass is 574 g/mol. The van der Waals surface area contributed by atoms with Crippen molar-refractivity contribution in [2.75, 3.05) is 19.8 Å². The molecule has 10 nitrogen and oxygen atoms in total. The summed E-state index contributed by atoms with van der Waals surface area (Å²) in [6, 6.07) is 21.6. The van der Waals surface area contributed by atoms with E-state index in [0.717, 1.165) is 5.56 Å². The van der Waals surface area contributed by atoms with Gasteiger partial charge in [-0.15, -0.1) is 6.58 Å². The van der Waals surface area contributed by atoms with Crippen LogP contribution < -0.4 is 15.6 Å². The first-order chi connectivity index (χ1) is 20.0. The van der Waals surface area contributed by atoms with Crippen LogP contribution in [0.4, 0.5) is 5.69 Å². The summed E-state index contributed by atoms with van der Waals surface area (Å²) in [5.41, 5.74) is 16.0. The molecule has 0 bridgehead atoms. The van der Waals surface area contributed by atoms with E-state index in [9.17, 15) is 4.79 Å². The molecule has 0 unspecified atom stereocenters. The maximum absolute atomic E-state index is 13.9. The van der Waals surface area contributed by atoms with Crippen molar-refractivity contribution >= 4 is 29.1 Å². The second kappa shape index (κ2) is 14.3. The Bertz CT molecular complexity index is 1440. The van der Waals surface area contributed by atoms with Crippen LogP contribution in [0.5, 0.6) is 5.75 Å². The Morgan fingerprint density at radius 3 is 2.76 bits per heavy atom. The second-order valence-electron chi connectivity index (χ2n) is 9.29. The van der Waals surface area contributed by atoms with Crippen molar-refractivity contribution < 1.29 is 19.4 Å². The van der Waals surface area contributed by atoms with E-state index in [4.69, 9.17) is 36.7 Å². The lowest BCUT2D eigenvalue weighted by Crippen LogP contribution is -2.52. The van der Waals surface area contributed by atoms with Gasteiger partial charge in [-0.3, -0.25) is 10.2 Å². The number of amides is 1. The van der Waals surface area contributed by atoms with Crippen molar-refractivity contribution in [1.29, 1.82) is 0 Å². The fourth-order valence-electron chi connectivity index (χ4n) is 4.51. The van der Waals surface area contributed by atoms with Crippen molar-refractivity contribution in [2.45, 2.75) is 30.9 Å². The third kappa shape index (κ3) is 7.25. The number of nitrogens with one attached hydrogen (secondary N) is 2. The lowest BCUT2D eigenvalue weighted by molar-refractivity contribution is -0.129. The zero-order valence-corrected chi connectivity index (χ0v) is 23.1. The molecule has 2 atom stereocenters. The maximum Gasteiger partial charge on any atom is 0.266 e. The van der Waals surface area contributed by atoms with Crippen molar-refractivity contribution in [3.05, 3.63) is 118 Å². The number of aliphatic hydroxyl groups is 1. The smallest absolute Gasteiger partial charge is 0.266 e. The van der Waals surface area contributed by atoms with Crippen molar-refractivity contribution in [3.8, 4) is 5.75 Å². The molecule has 0 aliphatic carbocycles. The average molecular weight is 575 g/mol. The van der Waals surface area contributed by atoms with Gasteiger partial charge >= 0.3 is 0 Å². The van der Waals surface area contributed by atoms with E-state index in [1.54, 1.807) is 60.7 Å². The molecule has 3 aromatic rings. The summed E-state index contributed by atoms with van der Waals surface area (Å²) in [7, 11) is 0. The van der Waals surface area contributed by atoms with Crippen LogP contribution in [-0.2, 0) is 16.0 Å². The highest BCUT2D eigenvalue weighted by molar-refractivity contribution is 6.30. The molecule has 0 aromatic heterocycles. The molecule has 3 aromatic carbocycles. The van der Waals surface area contributed by atoms with Crippen LogP contribution >= 0.6 is 11.6 Å². The van der Waals surface area contributed by atoms with Crippen LogP contribution in [0.2, 0.25) is 5.02 Å². The lowest BCUT2D eigenvalue weighted by Gasteiger charge is -2.30. The highest BCUT2D eigenvalue weighted by atomic mass is 35.5. The normalized spacial score (nSPS) is 17.6. The first-order valence-electron chi connectivity index (χ1n) is 13.1. The van der Waals surface area contributed by atoms with E-state index in [-0.39, 0.29) is 18.9 Å². The van der Waals surface area contributed by atoms with Crippen LogP contribution in [0.1, 0.15) is 35.6 Å². The number of ether oxygens (including phenoxy) is 2. The number of halogens is 1. The van der Waals surface area contributed by atoms with Crippen molar-refractivity contribution in [2.24, 2.45) is 10.1 Å². The van der Waals surface area contributed by atoms with Crippen LogP contribution in [0.3, 0.4) is 0 Å². The second-order valence-corrected chi connectivity index (χ2v) is 9.73. The Hall–Kier alpha value is -4.34. The molecule has 0 saturated carbocycles. The summed E-state index contributed by atoms with van der Waals surface area (Å²) in [6.07, 6.45) is 2.01. The molecule has 0 spiro atoms. The third-order valence-corrected chi connectivity index (χ3v) is 6.72. The SMILES string of the molecule is C=CC[C@]1(C(=O)NNCCc2cccc(Cl)c2)N=C(c2ccc(OCCCO)cc2)O[C@H]1c1ccccc1N=[N+]=[N-]. The summed E-state index contributed by atoms with van der Waals surface area (Å²) in [5.74, 6) is 0.455. The Morgan fingerprint density at radius 2 is 2.02 bits per heavy atom. The largest absolute Gasteiger partial charge is 0.494 e. The quantitative estimate of drug-likeness (QED) is 0.0562. The summed E-state index contributed by atoms with van der Waals surface area (Å²) in [4.78, 5) is 21.7. The Kier molecular flexibility index (Phi) is 10.4. The predicted molar refractivity (Wildman–Crippen MR) is 158 cm³/mol. The van der Waals surface area contributed by atoms with Crippen LogP contribution in [0.25, 0.3) is 10.4 Å². The number of nitrogens with zero attached hydrogens (tertiary/aromatic N) is 4. The highest BCUT2D eigenvalue weighted by Gasteiger charge is 2.53. The molecular formula is C30H31ClN6O4. The number of aliphatic imine (C=N–C) groups is 1. The molecule has 41 heavy (non-hydrogen) atoms. The Balaban J connectivity index is 1.63. The number of hydrogen-bond donors (Lipinski definition) is 3. The molecular weight excluding hydrogens is 544 g/mol. The molecule has 4 rings (SSSR count). The molecule has 0 fully saturated rings. The average Bonchev–Trinajstić information content (AvgIpc) is 3.37. The molecule has 1 heterocycles. The molecule has 0 radical (unpaired) electrons. The van der Waals surface area contributed by atoms with Gasteiger partial charge in [0.05, 0.1) is 6.61 Å². The molecule has 1 amide bonds. The van der Waals surface area contributed by atoms with Gasteiger partial charge in [0.2, 0.25) is 5.90 Å². The number of carbonyl (C=O) groups is 1. The van der Waals surface area contributed by atoms with E-state index in [1.165, 1.54) is 0 Å². The topological polar surface area (TPSA) is 141 Å². The van der Waals surface area contributed by atoms with Crippen LogP contribution in [0, 0.1) is 0 Å². The molecule has 212 valence electrons. The molecule has 11 heteroatoms. The van der Waals surface area contributed by atoms with Crippen LogP contribution in [0.15, 0.2) is 95.6 Å². The maximum atomic E-state index is 13.9. The van der Waals surface area contributed by atoms with Gasteiger partial charge in [-0.25, -0.2) is 10.4 Å². The van der Waals surface area contributed by atoms with Crippen molar-refractivity contribution in [3.63, 3.8) is 0 Å². The van der Waals surface area contributed by atoms with Gasteiger partial charge in [-0.1, -0.05) is 59.2 Å². The summed E-state index contributed by atoms with van der Waals surface area (Å²) < 4.78 is 12.0. The van der Waals surface area contributed by atoms with E-state index < -0.39 is 17.6 Å². The first-order valence-corrected chi connectivity index (χ1v) is 13.5. The Labute approximate surface area is 243 Å². The van der Waals surface area contributed by atoms with Gasteiger partial charge in [0.1, 0.15) is 5.75 Å². The number of benzene rings is 3. The fourth-order valence-corrected chi connectivity index (χ4v) is 4.72. The lowest BCUT2D eigenvalue weighted by atomic mass is 9.84. The standard InChI is InChI=1S/C30H31ClN6O4/c1-2-16-30(29(39)36-33-17-15-21-7-5-8-23(31)20-21)27(25-9-3-4-10-26(25)35-37-32)41-28(34-30)22-11-13-24(14-12-22)40-19-6-18-38/h2-5,7-14,20,27,33,38H,1,6,15-19H2,(H,36,39)/t27-,30-/m0/s1. The summed E-state index contributed by atoms with van der Waals surface area (Å²) in [6.45, 7) is 4.76. The van der Waals surface area contributed by atoms with Gasteiger partial charge in [0.15, 0.2) is 11.6 Å². The van der Waals surface area contributed by atoms with Crippen LogP contribution in [-0.4, -0.2) is 42.2 Å². The number of aliphatic hydroxyl groups excluding tert-OH is 1. The molecule has 3 N–H and O–H groups in total. The van der Waals surface area contributed by atoms with Gasteiger partial charge in [0.25, 0.3) is 5.91 Å². The van der Waals surface area contributed by atoms with E-state index in [1.807, 2.05) is 18.2 Å². The summed E-state index contributed by atoms with van der Waals surface area (Å²) >= 11 is 6.08. The van der Waals surface area contributed by atoms with E-state index >= 15 is 0 Å². The minimum atomic E-state index is -1.45. The fraction of sp³-hybridized carbons (Fsp3) is 0.267. The van der Waals surface area contributed by atoms with Crippen molar-refractivity contribution in [1.82, 2.24) is 10.9 Å². The third-order valence-electron chi connectivity index (χ3n) is 6.49. The van der Waals surface area contributed by atoms with Gasteiger partial charge < -0.3 is 14.6 Å². The molecule has 1 aliphatic heterocycles.